The van der Waals surface area contributed by atoms with E-state index in [1.54, 1.807) is 0 Å². The molecule has 0 saturated carbocycles. The minimum absolute atomic E-state index is 0.0422. The van der Waals surface area contributed by atoms with Crippen molar-refractivity contribution in [3.63, 3.8) is 0 Å². The molecule has 5 rings (SSSR count). The first kappa shape index (κ1) is 21.0. The normalized spacial score (nSPS) is 25.5. The van der Waals surface area contributed by atoms with Gasteiger partial charge in [0.25, 0.3) is 5.91 Å². The van der Waals surface area contributed by atoms with Gasteiger partial charge in [-0.15, -0.1) is 0 Å². The molecule has 1 aromatic carbocycles. The van der Waals surface area contributed by atoms with E-state index in [9.17, 15) is 4.79 Å². The Bertz CT molecular complexity index is 907. The van der Waals surface area contributed by atoms with Crippen LogP contribution in [0.25, 0.3) is 10.9 Å². The number of hydrogen-bond acceptors (Lipinski definition) is 4. The van der Waals surface area contributed by atoms with Crippen LogP contribution in [0.2, 0.25) is 0 Å². The van der Waals surface area contributed by atoms with Gasteiger partial charge in [-0.1, -0.05) is 0 Å². The Morgan fingerprint density at radius 2 is 1.87 bits per heavy atom. The van der Waals surface area contributed by atoms with Gasteiger partial charge in [0.1, 0.15) is 0 Å². The van der Waals surface area contributed by atoms with Crippen LogP contribution in [0.4, 0.5) is 0 Å². The van der Waals surface area contributed by atoms with Crippen molar-refractivity contribution in [3.8, 4) is 0 Å². The lowest BCUT2D eigenvalue weighted by Crippen LogP contribution is -2.58. The number of benzene rings is 1. The quantitative estimate of drug-likeness (QED) is 0.821. The summed E-state index contributed by atoms with van der Waals surface area (Å²) in [5, 5.41) is 1.09. The van der Waals surface area contributed by atoms with Gasteiger partial charge in [0.15, 0.2) is 0 Å². The molecule has 168 valence electrons. The summed E-state index contributed by atoms with van der Waals surface area (Å²) < 4.78 is 6.39. The number of piperazine rings is 1. The first-order valence-electron chi connectivity index (χ1n) is 12.0. The van der Waals surface area contributed by atoms with Gasteiger partial charge in [-0.25, -0.2) is 0 Å². The molecule has 1 spiro atoms. The number of fused-ring (bicyclic) bond motifs is 1. The molecule has 3 aliphatic rings. The second-order valence-corrected chi connectivity index (χ2v) is 9.92. The Balaban J connectivity index is 1.18. The van der Waals surface area contributed by atoms with Crippen LogP contribution >= 0.6 is 0 Å². The van der Waals surface area contributed by atoms with Crippen LogP contribution in [0.3, 0.4) is 0 Å². The highest BCUT2D eigenvalue weighted by molar-refractivity contribution is 5.98. The largest absolute Gasteiger partial charge is 0.375 e. The Labute approximate surface area is 185 Å². The van der Waals surface area contributed by atoms with Crippen molar-refractivity contribution >= 4 is 16.8 Å². The summed E-state index contributed by atoms with van der Waals surface area (Å²) in [4.78, 5) is 23.6. The third-order valence-corrected chi connectivity index (χ3v) is 7.82. The molecule has 31 heavy (non-hydrogen) atoms. The van der Waals surface area contributed by atoms with E-state index in [1.165, 1.54) is 26.2 Å². The fourth-order valence-electron chi connectivity index (χ4n) is 5.77. The number of hydrogen-bond donors (Lipinski definition) is 1. The number of aromatic nitrogens is 1. The molecule has 3 aliphatic heterocycles. The molecule has 0 bridgehead atoms. The summed E-state index contributed by atoms with van der Waals surface area (Å²) in [5.74, 6) is 0.148. The van der Waals surface area contributed by atoms with Crippen LogP contribution in [-0.2, 0) is 4.74 Å². The summed E-state index contributed by atoms with van der Waals surface area (Å²) in [5.41, 5.74) is 1.82. The van der Waals surface area contributed by atoms with Crippen LogP contribution in [-0.4, -0.2) is 89.2 Å². The fraction of sp³-hybridized carbons (Fsp3) is 0.640. The molecule has 1 amide bonds. The zero-order valence-electron chi connectivity index (χ0n) is 19.0. The lowest BCUT2D eigenvalue weighted by Gasteiger charge is -2.50. The zero-order valence-corrected chi connectivity index (χ0v) is 19.0. The first-order valence-corrected chi connectivity index (χ1v) is 12.0. The molecule has 1 aromatic heterocycles. The molecule has 6 heteroatoms. The highest BCUT2D eigenvalue weighted by Crippen LogP contribution is 2.37. The van der Waals surface area contributed by atoms with Gasteiger partial charge in [-0.2, -0.15) is 0 Å². The van der Waals surface area contributed by atoms with E-state index in [2.05, 4.69) is 28.6 Å². The predicted molar refractivity (Wildman–Crippen MR) is 123 cm³/mol. The van der Waals surface area contributed by atoms with Crippen molar-refractivity contribution < 1.29 is 9.53 Å². The average molecular weight is 425 g/mol. The van der Waals surface area contributed by atoms with Crippen molar-refractivity contribution in [1.29, 1.82) is 0 Å². The number of aromatic amines is 1. The monoisotopic (exact) mass is 424 g/mol. The standard InChI is InChI=1S/C25H36N4O2/c1-19(2)27-12-14-28(15-13-27)22-6-16-31-25(18-22)7-10-29(11-8-25)24(30)21-3-4-23-20(17-21)5-9-26-23/h3-5,9,17,19,22,26H,6-8,10-16,18H2,1-2H3/t22-/m0/s1. The number of likely N-dealkylation sites (tertiary alicyclic amines) is 1. The minimum atomic E-state index is -0.0422. The third-order valence-electron chi connectivity index (χ3n) is 7.82. The molecular formula is C25H36N4O2. The Hall–Kier alpha value is -1.89. The second-order valence-electron chi connectivity index (χ2n) is 9.92. The predicted octanol–water partition coefficient (Wildman–Crippen LogP) is 3.35. The number of nitrogens with one attached hydrogen (secondary N) is 1. The Kier molecular flexibility index (Phi) is 5.80. The van der Waals surface area contributed by atoms with Gasteiger partial charge in [-0.3, -0.25) is 14.6 Å². The van der Waals surface area contributed by atoms with E-state index >= 15 is 0 Å². The zero-order chi connectivity index (χ0) is 21.4. The van der Waals surface area contributed by atoms with Crippen LogP contribution in [0.5, 0.6) is 0 Å². The van der Waals surface area contributed by atoms with E-state index in [4.69, 9.17) is 4.74 Å². The summed E-state index contributed by atoms with van der Waals surface area (Å²) in [7, 11) is 0. The maximum atomic E-state index is 13.1. The van der Waals surface area contributed by atoms with Gasteiger partial charge in [0.2, 0.25) is 0 Å². The average Bonchev–Trinajstić information content (AvgIpc) is 3.27. The topological polar surface area (TPSA) is 51.8 Å². The van der Waals surface area contributed by atoms with Crippen LogP contribution in [0.1, 0.15) is 49.9 Å². The minimum Gasteiger partial charge on any atom is -0.375 e. The first-order chi connectivity index (χ1) is 15.0. The molecule has 3 saturated heterocycles. The number of H-pyrrole nitrogens is 1. The third kappa shape index (κ3) is 4.26. The lowest BCUT2D eigenvalue weighted by atomic mass is 9.81. The van der Waals surface area contributed by atoms with Crippen LogP contribution < -0.4 is 0 Å². The summed E-state index contributed by atoms with van der Waals surface area (Å²) in [6.45, 7) is 11.7. The number of amides is 1. The van der Waals surface area contributed by atoms with Gasteiger partial charge < -0.3 is 14.6 Å². The molecule has 3 fully saturated rings. The number of piperidine rings is 1. The van der Waals surface area contributed by atoms with Gasteiger partial charge >= 0.3 is 0 Å². The number of carbonyl (C=O) groups is 1. The highest BCUT2D eigenvalue weighted by Gasteiger charge is 2.43. The Morgan fingerprint density at radius 3 is 2.61 bits per heavy atom. The molecular weight excluding hydrogens is 388 g/mol. The molecule has 0 radical (unpaired) electrons. The number of carbonyl (C=O) groups excluding carboxylic acids is 1. The molecule has 6 nitrogen and oxygen atoms in total. The summed E-state index contributed by atoms with van der Waals surface area (Å²) in [6, 6.07) is 9.23. The molecule has 1 atom stereocenters. The highest BCUT2D eigenvalue weighted by atomic mass is 16.5. The molecule has 1 N–H and O–H groups in total. The smallest absolute Gasteiger partial charge is 0.253 e. The second kappa shape index (κ2) is 8.57. The van der Waals surface area contributed by atoms with Gasteiger partial charge in [0, 0.05) is 80.6 Å². The van der Waals surface area contributed by atoms with Crippen molar-refractivity contribution in [2.75, 3.05) is 45.9 Å². The van der Waals surface area contributed by atoms with Crippen molar-refractivity contribution in [3.05, 3.63) is 36.0 Å². The van der Waals surface area contributed by atoms with Gasteiger partial charge in [-0.05, 0) is 63.8 Å². The molecule has 2 aromatic rings. The molecule has 0 unspecified atom stereocenters. The van der Waals surface area contributed by atoms with E-state index in [1.807, 2.05) is 35.4 Å². The number of ether oxygens (including phenoxy) is 1. The summed E-state index contributed by atoms with van der Waals surface area (Å²) in [6.07, 6.45) is 6.08. The summed E-state index contributed by atoms with van der Waals surface area (Å²) >= 11 is 0. The number of rotatable bonds is 3. The van der Waals surface area contributed by atoms with E-state index in [0.29, 0.717) is 12.1 Å². The molecule has 4 heterocycles. The van der Waals surface area contributed by atoms with Crippen molar-refractivity contribution in [2.24, 2.45) is 0 Å². The lowest BCUT2D eigenvalue weighted by molar-refractivity contribution is -0.132. The van der Waals surface area contributed by atoms with E-state index in [0.717, 1.165) is 61.8 Å². The van der Waals surface area contributed by atoms with Crippen LogP contribution in [0, 0.1) is 0 Å². The molecule has 0 aliphatic carbocycles. The van der Waals surface area contributed by atoms with Gasteiger partial charge in [0.05, 0.1) is 5.60 Å². The van der Waals surface area contributed by atoms with Crippen LogP contribution in [0.15, 0.2) is 30.5 Å². The number of nitrogens with zero attached hydrogens (tertiary/aromatic N) is 3. The SMILES string of the molecule is CC(C)N1CCN([C@H]2CCOC3(CCN(C(=O)c4ccc5[nH]ccc5c4)CC3)C2)CC1. The fourth-order valence-corrected chi connectivity index (χ4v) is 5.77. The van der Waals surface area contributed by atoms with E-state index < -0.39 is 0 Å². The maximum absolute atomic E-state index is 13.1. The van der Waals surface area contributed by atoms with Crippen molar-refractivity contribution in [2.45, 2.75) is 57.2 Å². The Morgan fingerprint density at radius 1 is 1.10 bits per heavy atom. The van der Waals surface area contributed by atoms with E-state index in [-0.39, 0.29) is 11.5 Å². The van der Waals surface area contributed by atoms with Crippen molar-refractivity contribution in [1.82, 2.24) is 19.7 Å². The maximum Gasteiger partial charge on any atom is 0.253 e.